The van der Waals surface area contributed by atoms with E-state index in [1.165, 1.54) is 6.08 Å². The average molecular weight is 338 g/mol. The number of carbonyl (C=O) groups is 1. The summed E-state index contributed by atoms with van der Waals surface area (Å²) in [5.41, 5.74) is 13.6. The van der Waals surface area contributed by atoms with Gasteiger partial charge in [-0.2, -0.15) is 0 Å². The molecule has 0 spiro atoms. The predicted octanol–water partition coefficient (Wildman–Crippen LogP) is 1.09. The smallest absolute Gasteiger partial charge is 0.267 e. The van der Waals surface area contributed by atoms with Gasteiger partial charge in [0.2, 0.25) is 0 Å². The number of hydrazine groups is 2. The number of nitrogens with one attached hydrogen (secondary N) is 5. The molecule has 0 aromatic heterocycles. The summed E-state index contributed by atoms with van der Waals surface area (Å²) in [6, 6.07) is 15.6. The van der Waals surface area contributed by atoms with Gasteiger partial charge in [-0.3, -0.25) is 15.4 Å². The second kappa shape index (κ2) is 7.95. The van der Waals surface area contributed by atoms with Gasteiger partial charge in [-0.1, -0.05) is 42.5 Å². The molecule has 0 unspecified atom stereocenters. The van der Waals surface area contributed by atoms with Crippen LogP contribution in [0.2, 0.25) is 0 Å². The van der Waals surface area contributed by atoms with Gasteiger partial charge >= 0.3 is 0 Å². The van der Waals surface area contributed by atoms with Crippen molar-refractivity contribution in [2.24, 2.45) is 5.10 Å². The number of benzene rings is 2. The molecule has 8 heteroatoms. The minimum atomic E-state index is -0.571. The Balaban J connectivity index is 1.65. The molecule has 2 aromatic carbocycles. The summed E-state index contributed by atoms with van der Waals surface area (Å²) in [5, 5.41) is 15.9. The van der Waals surface area contributed by atoms with E-state index in [1.807, 2.05) is 48.5 Å². The van der Waals surface area contributed by atoms with Crippen LogP contribution in [-0.2, 0) is 11.3 Å². The fraction of sp³-hybridized carbons (Fsp3) is 0.0588. The van der Waals surface area contributed by atoms with Crippen molar-refractivity contribution in [3.05, 3.63) is 71.3 Å². The van der Waals surface area contributed by atoms with Crippen LogP contribution in [0, 0.1) is 0 Å². The van der Waals surface area contributed by atoms with E-state index in [0.717, 1.165) is 28.2 Å². The number of rotatable bonds is 6. The quantitative estimate of drug-likeness (QED) is 0.267. The van der Waals surface area contributed by atoms with Gasteiger partial charge in [0, 0.05) is 23.9 Å². The Hall–Kier alpha value is -3.36. The number of amides is 1. The molecule has 1 aliphatic rings. The van der Waals surface area contributed by atoms with Crippen LogP contribution in [0.4, 0.5) is 5.69 Å². The van der Waals surface area contributed by atoms with Crippen molar-refractivity contribution in [3.63, 3.8) is 0 Å². The lowest BCUT2D eigenvalue weighted by Gasteiger charge is -2.10. The van der Waals surface area contributed by atoms with E-state index >= 15 is 0 Å². The zero-order valence-electron chi connectivity index (χ0n) is 13.3. The van der Waals surface area contributed by atoms with Gasteiger partial charge in [-0.25, -0.2) is 11.0 Å². The maximum Gasteiger partial charge on any atom is 0.267 e. The van der Waals surface area contributed by atoms with Gasteiger partial charge < -0.3 is 5.32 Å². The fourth-order valence-corrected chi connectivity index (χ4v) is 2.32. The van der Waals surface area contributed by atoms with Crippen LogP contribution < -0.4 is 27.3 Å². The van der Waals surface area contributed by atoms with Crippen LogP contribution in [0.1, 0.15) is 16.7 Å². The topological polar surface area (TPSA) is 110 Å². The predicted molar refractivity (Wildman–Crippen MR) is 95.1 cm³/mol. The Labute approximate surface area is 144 Å². The highest BCUT2D eigenvalue weighted by Crippen LogP contribution is 2.18. The standard InChI is InChI=1S/C17H18N6O2/c24-16(21-25)10-9-13-3-1-2-4-15(13)18-11-12-5-7-14(8-6-12)17-19-22-23-20-17/h1-10,18,22-23,25H,11H2,(H,19,20)(H,21,24)/b10-9+. The van der Waals surface area contributed by atoms with Gasteiger partial charge in [-0.15, -0.1) is 10.6 Å². The van der Waals surface area contributed by atoms with Gasteiger partial charge in [0.25, 0.3) is 5.91 Å². The molecule has 0 saturated heterocycles. The first-order valence-electron chi connectivity index (χ1n) is 7.64. The van der Waals surface area contributed by atoms with Gasteiger partial charge in [0.05, 0.1) is 0 Å². The van der Waals surface area contributed by atoms with Crippen LogP contribution in [0.3, 0.4) is 0 Å². The van der Waals surface area contributed by atoms with Gasteiger partial charge in [0.15, 0.2) is 5.84 Å². The van der Waals surface area contributed by atoms with Crippen LogP contribution in [-0.4, -0.2) is 17.0 Å². The van der Waals surface area contributed by atoms with Crippen LogP contribution >= 0.6 is 0 Å². The third-order valence-corrected chi connectivity index (χ3v) is 3.60. The second-order valence-corrected chi connectivity index (χ2v) is 5.27. The van der Waals surface area contributed by atoms with E-state index in [9.17, 15) is 4.79 Å². The third-order valence-electron chi connectivity index (χ3n) is 3.60. The Morgan fingerprint density at radius 2 is 1.96 bits per heavy atom. The summed E-state index contributed by atoms with van der Waals surface area (Å²) in [6.45, 7) is 0.633. The van der Waals surface area contributed by atoms with Crippen molar-refractivity contribution in [2.75, 3.05) is 5.32 Å². The second-order valence-electron chi connectivity index (χ2n) is 5.27. The SMILES string of the molecule is O=C(/C=C/c1ccccc1NCc1ccc(C2=NNNN2)cc1)NO. The molecular formula is C17H18N6O2. The van der Waals surface area contributed by atoms with E-state index in [-0.39, 0.29) is 0 Å². The number of anilines is 1. The lowest BCUT2D eigenvalue weighted by Crippen LogP contribution is -2.35. The zero-order chi connectivity index (χ0) is 17.5. The normalized spacial score (nSPS) is 13.1. The first kappa shape index (κ1) is 16.5. The molecule has 0 saturated carbocycles. The highest BCUT2D eigenvalue weighted by molar-refractivity contribution is 5.98. The fourth-order valence-electron chi connectivity index (χ4n) is 2.32. The Kier molecular flexibility index (Phi) is 5.25. The van der Waals surface area contributed by atoms with Crippen molar-refractivity contribution in [3.8, 4) is 0 Å². The van der Waals surface area contributed by atoms with Crippen molar-refractivity contribution >= 4 is 23.5 Å². The lowest BCUT2D eigenvalue weighted by atomic mass is 10.1. The van der Waals surface area contributed by atoms with E-state index in [2.05, 4.69) is 26.9 Å². The van der Waals surface area contributed by atoms with Gasteiger partial charge in [-0.05, 0) is 23.3 Å². The number of carbonyl (C=O) groups excluding carboxylic acids is 1. The van der Waals surface area contributed by atoms with Crippen molar-refractivity contribution in [1.82, 2.24) is 22.0 Å². The molecule has 1 amide bonds. The number of hydrazone groups is 1. The number of hydrogen-bond donors (Lipinski definition) is 6. The molecule has 6 N–H and O–H groups in total. The molecule has 1 aliphatic heterocycles. The molecule has 1 heterocycles. The van der Waals surface area contributed by atoms with Crippen molar-refractivity contribution in [1.29, 1.82) is 0 Å². The lowest BCUT2D eigenvalue weighted by molar-refractivity contribution is -0.124. The first-order valence-corrected chi connectivity index (χ1v) is 7.64. The molecule has 8 nitrogen and oxygen atoms in total. The van der Waals surface area contributed by atoms with E-state index < -0.39 is 5.91 Å². The van der Waals surface area contributed by atoms with Crippen molar-refractivity contribution < 1.29 is 10.0 Å². The maximum absolute atomic E-state index is 11.1. The molecule has 3 rings (SSSR count). The Bertz CT molecular complexity index is 801. The molecule has 25 heavy (non-hydrogen) atoms. The zero-order valence-corrected chi connectivity index (χ0v) is 13.3. The summed E-state index contributed by atoms with van der Waals surface area (Å²) in [7, 11) is 0. The monoisotopic (exact) mass is 338 g/mol. The molecule has 0 radical (unpaired) electrons. The summed E-state index contributed by atoms with van der Waals surface area (Å²) < 4.78 is 0. The Morgan fingerprint density at radius 3 is 2.68 bits per heavy atom. The first-order chi connectivity index (χ1) is 12.3. The molecule has 0 bridgehead atoms. The average Bonchev–Trinajstić information content (AvgIpc) is 3.20. The van der Waals surface area contributed by atoms with Gasteiger partial charge in [0.1, 0.15) is 0 Å². The van der Waals surface area contributed by atoms with E-state index in [1.54, 1.807) is 11.6 Å². The highest BCUT2D eigenvalue weighted by Gasteiger charge is 2.07. The van der Waals surface area contributed by atoms with Crippen molar-refractivity contribution in [2.45, 2.75) is 6.54 Å². The summed E-state index contributed by atoms with van der Waals surface area (Å²) in [5.74, 6) is 0.162. The number of hydrogen-bond acceptors (Lipinski definition) is 7. The molecule has 0 atom stereocenters. The summed E-state index contributed by atoms with van der Waals surface area (Å²) in [6.07, 6.45) is 2.91. The Morgan fingerprint density at radius 1 is 1.16 bits per heavy atom. The summed E-state index contributed by atoms with van der Waals surface area (Å²) >= 11 is 0. The highest BCUT2D eigenvalue weighted by atomic mass is 16.5. The minimum absolute atomic E-state index is 0.571. The van der Waals surface area contributed by atoms with Crippen LogP contribution in [0.5, 0.6) is 0 Å². The molecular weight excluding hydrogens is 320 g/mol. The molecule has 128 valence electrons. The van der Waals surface area contributed by atoms with Crippen LogP contribution in [0.15, 0.2) is 59.7 Å². The molecule has 2 aromatic rings. The molecule has 0 fully saturated rings. The maximum atomic E-state index is 11.1. The number of para-hydroxylation sites is 1. The number of hydroxylamine groups is 1. The minimum Gasteiger partial charge on any atom is -0.380 e. The number of amidine groups is 1. The van der Waals surface area contributed by atoms with Crippen LogP contribution in [0.25, 0.3) is 6.08 Å². The molecule has 0 aliphatic carbocycles. The van der Waals surface area contributed by atoms with E-state index in [4.69, 9.17) is 5.21 Å². The largest absolute Gasteiger partial charge is 0.380 e. The van der Waals surface area contributed by atoms with E-state index in [0.29, 0.717) is 6.54 Å². The summed E-state index contributed by atoms with van der Waals surface area (Å²) in [4.78, 5) is 11.1. The third kappa shape index (κ3) is 4.34. The number of nitrogens with zero attached hydrogens (tertiary/aromatic N) is 1.